The lowest BCUT2D eigenvalue weighted by Crippen LogP contribution is -2.23. The summed E-state index contributed by atoms with van der Waals surface area (Å²) in [5, 5.41) is 2.16. The second-order valence-electron chi connectivity index (χ2n) is 6.31. The lowest BCUT2D eigenvalue weighted by molar-refractivity contribution is -0.143. The van der Waals surface area contributed by atoms with Crippen LogP contribution >= 0.6 is 33.9 Å². The Morgan fingerprint density at radius 1 is 1.07 bits per heavy atom. The number of hydrogen-bond acceptors (Lipinski definition) is 4. The first kappa shape index (κ1) is 19.8. The Hall–Kier alpha value is -2.52. The molecular weight excluding hydrogens is 499 g/mol. The summed E-state index contributed by atoms with van der Waals surface area (Å²) in [5.41, 5.74) is 1.40. The number of benzene rings is 3. The standard InChI is InChI=1S/C22H17IN2O3S/c1-2-28-19(26)13-25-18-12-11-14-7-3-4-8-15(14)20(18)29-22(25)24-21(27)16-9-5-6-10-17(16)23/h3-12H,2,13H2,1H3. The van der Waals surface area contributed by atoms with E-state index in [9.17, 15) is 9.59 Å². The molecule has 7 heteroatoms. The van der Waals surface area contributed by atoms with E-state index in [1.807, 2.05) is 54.6 Å². The van der Waals surface area contributed by atoms with Gasteiger partial charge in [0.2, 0.25) is 0 Å². The highest BCUT2D eigenvalue weighted by Gasteiger charge is 2.15. The largest absolute Gasteiger partial charge is 0.465 e. The maximum absolute atomic E-state index is 12.8. The highest BCUT2D eigenvalue weighted by atomic mass is 127. The summed E-state index contributed by atoms with van der Waals surface area (Å²) >= 11 is 3.53. The first-order valence-electron chi connectivity index (χ1n) is 9.08. The molecule has 0 aliphatic rings. The predicted octanol–water partition coefficient (Wildman–Crippen LogP) is 4.76. The number of thiazole rings is 1. The van der Waals surface area contributed by atoms with Crippen molar-refractivity contribution in [2.75, 3.05) is 6.61 Å². The Balaban J connectivity index is 1.93. The molecule has 1 aromatic heterocycles. The minimum Gasteiger partial charge on any atom is -0.465 e. The number of fused-ring (bicyclic) bond motifs is 3. The Kier molecular flexibility index (Phi) is 5.77. The number of amides is 1. The van der Waals surface area contributed by atoms with Gasteiger partial charge in [0.15, 0.2) is 4.80 Å². The fourth-order valence-electron chi connectivity index (χ4n) is 3.15. The van der Waals surface area contributed by atoms with Crippen LogP contribution in [0.1, 0.15) is 17.3 Å². The van der Waals surface area contributed by atoms with Gasteiger partial charge in [-0.2, -0.15) is 4.99 Å². The average molecular weight is 516 g/mol. The van der Waals surface area contributed by atoms with Crippen molar-refractivity contribution in [3.8, 4) is 0 Å². The van der Waals surface area contributed by atoms with E-state index in [1.165, 1.54) is 11.3 Å². The lowest BCUT2D eigenvalue weighted by Gasteiger charge is -2.06. The lowest BCUT2D eigenvalue weighted by atomic mass is 10.1. The molecule has 0 bridgehead atoms. The monoisotopic (exact) mass is 516 g/mol. The number of hydrogen-bond donors (Lipinski definition) is 0. The van der Waals surface area contributed by atoms with Crippen LogP contribution in [0.4, 0.5) is 0 Å². The summed E-state index contributed by atoms with van der Waals surface area (Å²) in [6.45, 7) is 2.08. The Labute approximate surface area is 184 Å². The quantitative estimate of drug-likeness (QED) is 0.290. The van der Waals surface area contributed by atoms with E-state index in [-0.39, 0.29) is 18.4 Å². The molecule has 0 saturated carbocycles. The third kappa shape index (κ3) is 3.97. The molecule has 1 amide bonds. The molecule has 0 aliphatic heterocycles. The van der Waals surface area contributed by atoms with Crippen molar-refractivity contribution >= 4 is 66.8 Å². The van der Waals surface area contributed by atoms with Crippen LogP contribution < -0.4 is 4.80 Å². The van der Waals surface area contributed by atoms with Gasteiger partial charge >= 0.3 is 5.97 Å². The van der Waals surface area contributed by atoms with Gasteiger partial charge in [-0.1, -0.05) is 53.8 Å². The van der Waals surface area contributed by atoms with Crippen molar-refractivity contribution in [3.63, 3.8) is 0 Å². The number of carbonyl (C=O) groups is 2. The summed E-state index contributed by atoms with van der Waals surface area (Å²) in [4.78, 5) is 29.9. The van der Waals surface area contributed by atoms with Gasteiger partial charge in [0.1, 0.15) is 6.54 Å². The Morgan fingerprint density at radius 3 is 2.62 bits per heavy atom. The zero-order valence-corrected chi connectivity index (χ0v) is 18.6. The first-order chi connectivity index (χ1) is 14.1. The minimum absolute atomic E-state index is 0.00414. The van der Waals surface area contributed by atoms with E-state index in [0.717, 1.165) is 24.6 Å². The number of rotatable bonds is 4. The molecule has 0 unspecified atom stereocenters. The smallest absolute Gasteiger partial charge is 0.326 e. The molecule has 3 aromatic carbocycles. The Bertz CT molecular complexity index is 1310. The van der Waals surface area contributed by atoms with E-state index >= 15 is 0 Å². The molecule has 0 fully saturated rings. The molecule has 0 spiro atoms. The van der Waals surface area contributed by atoms with E-state index < -0.39 is 0 Å². The van der Waals surface area contributed by atoms with Gasteiger partial charge in [-0.3, -0.25) is 9.59 Å². The van der Waals surface area contributed by atoms with Crippen LogP contribution in [0.25, 0.3) is 21.0 Å². The number of aromatic nitrogens is 1. The highest BCUT2D eigenvalue weighted by Crippen LogP contribution is 2.27. The SMILES string of the molecule is CCOC(=O)Cn1c(=NC(=O)c2ccccc2I)sc2c3ccccc3ccc21. The van der Waals surface area contributed by atoms with Crippen molar-refractivity contribution in [2.24, 2.45) is 4.99 Å². The molecule has 5 nitrogen and oxygen atoms in total. The van der Waals surface area contributed by atoms with Crippen LogP contribution in [-0.2, 0) is 16.1 Å². The van der Waals surface area contributed by atoms with Crippen molar-refractivity contribution in [1.82, 2.24) is 4.57 Å². The molecule has 4 aromatic rings. The van der Waals surface area contributed by atoms with E-state index in [0.29, 0.717) is 17.0 Å². The highest BCUT2D eigenvalue weighted by molar-refractivity contribution is 14.1. The molecule has 29 heavy (non-hydrogen) atoms. The fraction of sp³-hybridized carbons (Fsp3) is 0.136. The molecule has 0 saturated heterocycles. The average Bonchev–Trinajstić information content (AvgIpc) is 3.06. The van der Waals surface area contributed by atoms with E-state index in [1.54, 1.807) is 17.6 Å². The van der Waals surface area contributed by atoms with Crippen molar-refractivity contribution < 1.29 is 14.3 Å². The van der Waals surface area contributed by atoms with Crippen LogP contribution in [0, 0.1) is 3.57 Å². The number of nitrogens with zero attached hydrogens (tertiary/aromatic N) is 2. The maximum Gasteiger partial charge on any atom is 0.326 e. The summed E-state index contributed by atoms with van der Waals surface area (Å²) in [7, 11) is 0. The van der Waals surface area contributed by atoms with Gasteiger partial charge < -0.3 is 9.30 Å². The van der Waals surface area contributed by atoms with E-state index in [4.69, 9.17) is 4.74 Å². The number of carbonyl (C=O) groups excluding carboxylic acids is 2. The topological polar surface area (TPSA) is 60.7 Å². The predicted molar refractivity (Wildman–Crippen MR) is 123 cm³/mol. The van der Waals surface area contributed by atoms with Gasteiger partial charge in [-0.05, 0) is 53.1 Å². The van der Waals surface area contributed by atoms with Gasteiger partial charge in [0.05, 0.1) is 22.4 Å². The maximum atomic E-state index is 12.8. The van der Waals surface area contributed by atoms with Crippen LogP contribution in [0.2, 0.25) is 0 Å². The van der Waals surface area contributed by atoms with E-state index in [2.05, 4.69) is 27.6 Å². The second kappa shape index (κ2) is 8.46. The van der Waals surface area contributed by atoms with Gasteiger partial charge in [0.25, 0.3) is 5.91 Å². The first-order valence-corrected chi connectivity index (χ1v) is 11.0. The summed E-state index contributed by atoms with van der Waals surface area (Å²) in [5.74, 6) is -0.688. The van der Waals surface area contributed by atoms with Gasteiger partial charge in [-0.15, -0.1) is 0 Å². The number of halogens is 1. The normalized spacial score (nSPS) is 11.9. The summed E-state index contributed by atoms with van der Waals surface area (Å²) in [6, 6.07) is 19.3. The molecular formula is C22H17IN2O3S. The summed E-state index contributed by atoms with van der Waals surface area (Å²) in [6.07, 6.45) is 0. The van der Waals surface area contributed by atoms with Crippen molar-refractivity contribution in [3.05, 3.63) is 74.6 Å². The summed E-state index contributed by atoms with van der Waals surface area (Å²) < 4.78 is 8.72. The molecule has 0 radical (unpaired) electrons. The third-order valence-corrected chi connectivity index (χ3v) is 6.54. The fourth-order valence-corrected chi connectivity index (χ4v) is 4.94. The van der Waals surface area contributed by atoms with Crippen LogP contribution in [0.15, 0.2) is 65.7 Å². The molecule has 0 atom stereocenters. The molecule has 0 aliphatic carbocycles. The number of ether oxygens (including phenoxy) is 1. The van der Waals surface area contributed by atoms with Crippen LogP contribution in [0.3, 0.4) is 0 Å². The van der Waals surface area contributed by atoms with Crippen LogP contribution in [0.5, 0.6) is 0 Å². The van der Waals surface area contributed by atoms with Gasteiger partial charge in [0, 0.05) is 8.96 Å². The third-order valence-electron chi connectivity index (χ3n) is 4.47. The minimum atomic E-state index is -0.358. The van der Waals surface area contributed by atoms with Crippen LogP contribution in [-0.4, -0.2) is 23.1 Å². The second-order valence-corrected chi connectivity index (χ2v) is 8.45. The zero-order valence-electron chi connectivity index (χ0n) is 15.6. The molecule has 0 N–H and O–H groups in total. The van der Waals surface area contributed by atoms with Crippen molar-refractivity contribution in [2.45, 2.75) is 13.5 Å². The molecule has 1 heterocycles. The van der Waals surface area contributed by atoms with Crippen molar-refractivity contribution in [1.29, 1.82) is 0 Å². The zero-order chi connectivity index (χ0) is 20.4. The number of esters is 1. The molecule has 4 rings (SSSR count). The van der Waals surface area contributed by atoms with Gasteiger partial charge in [-0.25, -0.2) is 0 Å². The molecule has 146 valence electrons. The Morgan fingerprint density at radius 2 is 1.83 bits per heavy atom.